The fraction of sp³-hybridized carbons (Fsp3) is 0.161. The van der Waals surface area contributed by atoms with Gasteiger partial charge in [0.2, 0.25) is 5.91 Å². The molecule has 0 N–H and O–H groups in total. The van der Waals surface area contributed by atoms with Crippen LogP contribution < -0.4 is 9.64 Å². The molecule has 5 aromatic rings. The first-order chi connectivity index (χ1) is 19.4. The van der Waals surface area contributed by atoms with E-state index < -0.39 is 11.9 Å². The molecule has 9 heteroatoms. The van der Waals surface area contributed by atoms with Crippen molar-refractivity contribution in [3.63, 3.8) is 0 Å². The molecular weight excluding hydrogens is 542 g/mol. The van der Waals surface area contributed by atoms with E-state index in [0.717, 1.165) is 25.7 Å². The van der Waals surface area contributed by atoms with Crippen LogP contribution >= 0.6 is 22.7 Å². The van der Waals surface area contributed by atoms with Crippen LogP contribution in [0.4, 0.5) is 5.69 Å². The Morgan fingerprint density at radius 2 is 1.82 bits per heavy atom. The highest BCUT2D eigenvalue weighted by Gasteiger charge is 2.44. The second-order valence-electron chi connectivity index (χ2n) is 9.57. The van der Waals surface area contributed by atoms with Crippen molar-refractivity contribution in [2.24, 2.45) is 0 Å². The van der Waals surface area contributed by atoms with Gasteiger partial charge < -0.3 is 9.64 Å². The molecule has 1 saturated heterocycles. The number of aromatic nitrogens is 1. The first kappa shape index (κ1) is 25.9. The summed E-state index contributed by atoms with van der Waals surface area (Å²) in [6.07, 6.45) is -0.0783. The Hall–Kier alpha value is -4.34. The fourth-order valence-corrected chi connectivity index (χ4v) is 6.60. The molecule has 1 atom stereocenters. The van der Waals surface area contributed by atoms with Gasteiger partial charge in [0.1, 0.15) is 16.8 Å². The molecule has 3 aromatic carbocycles. The molecule has 6 rings (SSSR count). The van der Waals surface area contributed by atoms with E-state index in [2.05, 4.69) is 13.0 Å². The molecule has 0 spiro atoms. The number of fused-ring (bicyclic) bond motifs is 1. The average Bonchev–Trinajstić information content (AvgIpc) is 3.70. The summed E-state index contributed by atoms with van der Waals surface area (Å²) >= 11 is 3.10. The molecule has 2 aromatic heterocycles. The predicted octanol–water partition coefficient (Wildman–Crippen LogP) is 6.32. The molecule has 7 nitrogen and oxygen atoms in total. The number of ether oxygens (including phenoxy) is 1. The molecule has 3 heterocycles. The maximum Gasteiger partial charge on any atom is 0.257 e. The number of amides is 3. The molecule has 0 aliphatic carbocycles. The van der Waals surface area contributed by atoms with Crippen LogP contribution in [0.15, 0.2) is 84.2 Å². The van der Waals surface area contributed by atoms with Crippen LogP contribution in [0.2, 0.25) is 0 Å². The number of imide groups is 1. The fourth-order valence-electron chi connectivity index (χ4n) is 4.83. The molecule has 1 fully saturated rings. The highest BCUT2D eigenvalue weighted by Crippen LogP contribution is 2.34. The van der Waals surface area contributed by atoms with Crippen molar-refractivity contribution in [2.45, 2.75) is 25.9 Å². The lowest BCUT2D eigenvalue weighted by Gasteiger charge is -2.27. The van der Waals surface area contributed by atoms with Crippen LogP contribution in [-0.2, 0) is 16.1 Å². The molecule has 40 heavy (non-hydrogen) atoms. The number of thiophene rings is 1. The Morgan fingerprint density at radius 3 is 2.52 bits per heavy atom. The monoisotopic (exact) mass is 567 g/mol. The van der Waals surface area contributed by atoms with E-state index in [0.29, 0.717) is 17.0 Å². The van der Waals surface area contributed by atoms with Gasteiger partial charge in [-0.25, -0.2) is 9.88 Å². The summed E-state index contributed by atoms with van der Waals surface area (Å²) in [5.74, 6) is -0.432. The standard InChI is InChI=1S/C31H25N3O4S2/c1-19-5-14-25-27(16-19)40-29(32-25)20-6-10-22(11-7-20)34-28(35)17-26(31(34)37)33(18-24-4-3-15-39-24)30(36)21-8-12-23(38-2)13-9-21/h3-16,26H,17-18H2,1-2H3. The first-order valence-electron chi connectivity index (χ1n) is 12.7. The van der Waals surface area contributed by atoms with Gasteiger partial charge in [0.25, 0.3) is 11.8 Å². The summed E-state index contributed by atoms with van der Waals surface area (Å²) < 4.78 is 6.32. The predicted molar refractivity (Wildman–Crippen MR) is 158 cm³/mol. The van der Waals surface area contributed by atoms with E-state index in [1.54, 1.807) is 54.8 Å². The average molecular weight is 568 g/mol. The Kier molecular flexibility index (Phi) is 6.91. The molecule has 0 saturated carbocycles. The van der Waals surface area contributed by atoms with Crippen LogP contribution in [0, 0.1) is 6.92 Å². The Balaban J connectivity index is 1.27. The number of rotatable bonds is 7. The largest absolute Gasteiger partial charge is 0.497 e. The number of carbonyl (C=O) groups excluding carboxylic acids is 3. The molecule has 1 unspecified atom stereocenters. The molecule has 200 valence electrons. The third-order valence-electron chi connectivity index (χ3n) is 6.92. The number of benzene rings is 3. The van der Waals surface area contributed by atoms with Crippen LogP contribution in [0.5, 0.6) is 5.75 Å². The van der Waals surface area contributed by atoms with Crippen molar-refractivity contribution in [2.75, 3.05) is 12.0 Å². The van der Waals surface area contributed by atoms with E-state index in [1.807, 2.05) is 41.8 Å². The van der Waals surface area contributed by atoms with Crippen LogP contribution in [0.25, 0.3) is 20.8 Å². The van der Waals surface area contributed by atoms with Gasteiger partial charge in [-0.2, -0.15) is 0 Å². The SMILES string of the molecule is COc1ccc(C(=O)N(Cc2cccs2)C2CC(=O)N(c3ccc(-c4nc5ccc(C)cc5s4)cc3)C2=O)cc1. The third kappa shape index (κ3) is 4.89. The number of hydrogen-bond donors (Lipinski definition) is 0. The van der Waals surface area contributed by atoms with Crippen LogP contribution in [-0.4, -0.2) is 40.8 Å². The van der Waals surface area contributed by atoms with Gasteiger partial charge in [-0.3, -0.25) is 14.4 Å². The number of thiazole rings is 1. The lowest BCUT2D eigenvalue weighted by molar-refractivity contribution is -0.122. The van der Waals surface area contributed by atoms with Crippen molar-refractivity contribution in [1.82, 2.24) is 9.88 Å². The molecule has 0 bridgehead atoms. The van der Waals surface area contributed by atoms with Crippen molar-refractivity contribution < 1.29 is 19.1 Å². The van der Waals surface area contributed by atoms with Crippen LogP contribution in [0.3, 0.4) is 0 Å². The van der Waals surface area contributed by atoms with Crippen molar-refractivity contribution in [3.8, 4) is 16.3 Å². The summed E-state index contributed by atoms with van der Waals surface area (Å²) in [6.45, 7) is 2.28. The van der Waals surface area contributed by atoms with Gasteiger partial charge >= 0.3 is 0 Å². The number of carbonyl (C=O) groups is 3. The van der Waals surface area contributed by atoms with Gasteiger partial charge in [-0.1, -0.05) is 12.1 Å². The molecule has 1 aliphatic heterocycles. The maximum atomic E-state index is 13.7. The van der Waals surface area contributed by atoms with Gasteiger partial charge in [0.05, 0.1) is 36.0 Å². The minimum absolute atomic E-state index is 0.0783. The smallest absolute Gasteiger partial charge is 0.257 e. The number of hydrogen-bond acceptors (Lipinski definition) is 7. The number of aryl methyl sites for hydroxylation is 1. The Labute approximate surface area is 239 Å². The third-order valence-corrected chi connectivity index (χ3v) is 8.85. The summed E-state index contributed by atoms with van der Waals surface area (Å²) in [4.78, 5) is 48.9. The Bertz CT molecular complexity index is 1710. The van der Waals surface area contributed by atoms with Gasteiger partial charge in [0, 0.05) is 16.0 Å². The summed E-state index contributed by atoms with van der Waals surface area (Å²) in [5.41, 5.74) is 3.93. The summed E-state index contributed by atoms with van der Waals surface area (Å²) in [7, 11) is 1.56. The van der Waals surface area contributed by atoms with Gasteiger partial charge in [-0.15, -0.1) is 22.7 Å². The molecule has 3 amide bonds. The second-order valence-corrected chi connectivity index (χ2v) is 11.6. The summed E-state index contributed by atoms with van der Waals surface area (Å²) in [6, 6.07) is 23.1. The maximum absolute atomic E-state index is 13.7. The number of nitrogens with zero attached hydrogens (tertiary/aromatic N) is 3. The highest BCUT2D eigenvalue weighted by atomic mass is 32.1. The minimum atomic E-state index is -0.906. The number of anilines is 1. The topological polar surface area (TPSA) is 79.8 Å². The van der Waals surface area contributed by atoms with E-state index in [1.165, 1.54) is 26.7 Å². The molecule has 1 aliphatic rings. The second kappa shape index (κ2) is 10.7. The first-order valence-corrected chi connectivity index (χ1v) is 14.4. The van der Waals surface area contributed by atoms with Crippen molar-refractivity contribution in [3.05, 3.63) is 100 Å². The zero-order chi connectivity index (χ0) is 27.8. The lowest BCUT2D eigenvalue weighted by Crippen LogP contribution is -2.45. The van der Waals surface area contributed by atoms with Gasteiger partial charge in [-0.05, 0) is 84.6 Å². The zero-order valence-electron chi connectivity index (χ0n) is 21.9. The van der Waals surface area contributed by atoms with E-state index in [-0.39, 0.29) is 24.8 Å². The Morgan fingerprint density at radius 1 is 1.05 bits per heavy atom. The van der Waals surface area contributed by atoms with E-state index >= 15 is 0 Å². The normalized spacial score (nSPS) is 15.2. The van der Waals surface area contributed by atoms with Gasteiger partial charge in [0.15, 0.2) is 0 Å². The number of methoxy groups -OCH3 is 1. The lowest BCUT2D eigenvalue weighted by atomic mass is 10.1. The van der Waals surface area contributed by atoms with Crippen molar-refractivity contribution in [1.29, 1.82) is 0 Å². The quantitative estimate of drug-likeness (QED) is 0.215. The van der Waals surface area contributed by atoms with Crippen LogP contribution in [0.1, 0.15) is 27.2 Å². The van der Waals surface area contributed by atoms with E-state index in [4.69, 9.17) is 9.72 Å². The molecular formula is C31H25N3O4S2. The molecule has 0 radical (unpaired) electrons. The van der Waals surface area contributed by atoms with E-state index in [9.17, 15) is 14.4 Å². The highest BCUT2D eigenvalue weighted by molar-refractivity contribution is 7.21. The van der Waals surface area contributed by atoms with Crippen molar-refractivity contribution >= 4 is 56.3 Å². The minimum Gasteiger partial charge on any atom is -0.497 e. The summed E-state index contributed by atoms with van der Waals surface area (Å²) in [5, 5.41) is 2.80. The zero-order valence-corrected chi connectivity index (χ0v) is 23.5.